The maximum Gasteiger partial charge on any atom is 0.0708 e. The molecule has 1 heterocycles. The van der Waals surface area contributed by atoms with E-state index in [1.807, 2.05) is 25.1 Å². The molecule has 17 heavy (non-hydrogen) atoms. The monoisotopic (exact) mass is 230 g/mol. The van der Waals surface area contributed by atoms with Crippen LogP contribution in [-0.2, 0) is 0 Å². The number of hydrogen-bond donors (Lipinski definition) is 2. The van der Waals surface area contributed by atoms with Crippen LogP contribution in [0.15, 0.2) is 30.3 Å². The van der Waals surface area contributed by atoms with E-state index in [1.165, 1.54) is 5.56 Å². The molecule has 0 radical (unpaired) electrons. The number of aliphatic hydroxyl groups excluding tert-OH is 1. The molecule has 0 aliphatic carbocycles. The number of pyridine rings is 1. The van der Waals surface area contributed by atoms with Crippen LogP contribution in [0.2, 0.25) is 0 Å². The normalized spacial score (nSPS) is 12.9. The number of aliphatic hydroxyl groups is 1. The van der Waals surface area contributed by atoms with Crippen LogP contribution in [0.1, 0.15) is 23.6 Å². The summed E-state index contributed by atoms with van der Waals surface area (Å²) in [7, 11) is 0. The van der Waals surface area contributed by atoms with Gasteiger partial charge in [0.15, 0.2) is 0 Å². The maximum absolute atomic E-state index is 9.10. The molecular weight excluding hydrogens is 212 g/mol. The minimum atomic E-state index is 0.164. The van der Waals surface area contributed by atoms with Gasteiger partial charge in [0.1, 0.15) is 0 Å². The lowest BCUT2D eigenvalue weighted by atomic mass is 9.92. The lowest BCUT2D eigenvalue weighted by Crippen LogP contribution is -2.14. The number of aryl methyl sites for hydroxylation is 1. The van der Waals surface area contributed by atoms with Crippen LogP contribution < -0.4 is 5.73 Å². The highest BCUT2D eigenvalue weighted by Crippen LogP contribution is 2.27. The van der Waals surface area contributed by atoms with Crippen molar-refractivity contribution in [1.29, 1.82) is 0 Å². The second kappa shape index (κ2) is 5.25. The lowest BCUT2D eigenvalue weighted by Gasteiger charge is -2.16. The molecule has 90 valence electrons. The van der Waals surface area contributed by atoms with E-state index in [4.69, 9.17) is 10.8 Å². The first-order chi connectivity index (χ1) is 8.26. The molecule has 0 saturated heterocycles. The van der Waals surface area contributed by atoms with Gasteiger partial charge < -0.3 is 10.8 Å². The van der Waals surface area contributed by atoms with Gasteiger partial charge in [0, 0.05) is 17.7 Å². The van der Waals surface area contributed by atoms with Crippen LogP contribution in [0, 0.1) is 6.92 Å². The minimum absolute atomic E-state index is 0.164. The summed E-state index contributed by atoms with van der Waals surface area (Å²) < 4.78 is 0. The highest BCUT2D eigenvalue weighted by molar-refractivity contribution is 5.82. The molecule has 3 heteroatoms. The lowest BCUT2D eigenvalue weighted by molar-refractivity contribution is 0.276. The fourth-order valence-corrected chi connectivity index (χ4v) is 2.23. The van der Waals surface area contributed by atoms with Gasteiger partial charge in [0.05, 0.1) is 5.52 Å². The van der Waals surface area contributed by atoms with Crippen molar-refractivity contribution < 1.29 is 5.11 Å². The van der Waals surface area contributed by atoms with E-state index in [2.05, 4.69) is 17.1 Å². The quantitative estimate of drug-likeness (QED) is 0.844. The fourth-order valence-electron chi connectivity index (χ4n) is 2.23. The van der Waals surface area contributed by atoms with E-state index in [0.717, 1.165) is 16.6 Å². The summed E-state index contributed by atoms with van der Waals surface area (Å²) in [6, 6.07) is 10.2. The fraction of sp³-hybridized carbons (Fsp3) is 0.357. The molecule has 2 rings (SSSR count). The van der Waals surface area contributed by atoms with E-state index in [1.54, 1.807) is 0 Å². The van der Waals surface area contributed by atoms with Gasteiger partial charge in [0.25, 0.3) is 0 Å². The number of nitrogens with zero attached hydrogens (tertiary/aromatic N) is 1. The van der Waals surface area contributed by atoms with E-state index >= 15 is 0 Å². The van der Waals surface area contributed by atoms with Crippen molar-refractivity contribution in [2.24, 2.45) is 5.73 Å². The van der Waals surface area contributed by atoms with Crippen LogP contribution in [0.4, 0.5) is 0 Å². The average Bonchev–Trinajstić information content (AvgIpc) is 2.35. The smallest absolute Gasteiger partial charge is 0.0708 e. The number of aromatic nitrogens is 1. The number of para-hydroxylation sites is 1. The summed E-state index contributed by atoms with van der Waals surface area (Å²) in [5.41, 5.74) is 8.99. The van der Waals surface area contributed by atoms with Crippen molar-refractivity contribution in [3.05, 3.63) is 41.6 Å². The van der Waals surface area contributed by atoms with Gasteiger partial charge in [-0.3, -0.25) is 4.98 Å². The number of rotatable bonds is 4. The van der Waals surface area contributed by atoms with Crippen molar-refractivity contribution in [3.63, 3.8) is 0 Å². The molecule has 0 spiro atoms. The van der Waals surface area contributed by atoms with Gasteiger partial charge in [-0.1, -0.05) is 18.2 Å². The van der Waals surface area contributed by atoms with E-state index in [-0.39, 0.29) is 12.5 Å². The molecule has 1 unspecified atom stereocenters. The number of fused-ring (bicyclic) bond motifs is 1. The Bertz CT molecular complexity index is 511. The Morgan fingerprint density at radius 1 is 1.35 bits per heavy atom. The van der Waals surface area contributed by atoms with Gasteiger partial charge in [-0.05, 0) is 43.5 Å². The summed E-state index contributed by atoms with van der Waals surface area (Å²) in [6.45, 7) is 2.70. The molecule has 0 aliphatic rings. The van der Waals surface area contributed by atoms with Crippen molar-refractivity contribution in [1.82, 2.24) is 4.98 Å². The molecule has 0 aliphatic heterocycles. The molecule has 0 bridgehead atoms. The Morgan fingerprint density at radius 3 is 2.82 bits per heavy atom. The van der Waals surface area contributed by atoms with Crippen molar-refractivity contribution in [2.45, 2.75) is 19.3 Å². The Balaban J connectivity index is 2.58. The topological polar surface area (TPSA) is 59.1 Å². The molecule has 1 aromatic heterocycles. The molecule has 3 N–H and O–H groups in total. The van der Waals surface area contributed by atoms with E-state index in [9.17, 15) is 0 Å². The number of hydrogen-bond acceptors (Lipinski definition) is 3. The number of nitrogens with two attached hydrogens (primary N) is 1. The Labute approximate surface area is 101 Å². The zero-order chi connectivity index (χ0) is 12.3. The zero-order valence-electron chi connectivity index (χ0n) is 10.1. The zero-order valence-corrected chi connectivity index (χ0v) is 10.1. The van der Waals surface area contributed by atoms with Crippen LogP contribution in [-0.4, -0.2) is 23.2 Å². The number of benzene rings is 1. The summed E-state index contributed by atoms with van der Waals surface area (Å²) in [5, 5.41) is 10.2. The average molecular weight is 230 g/mol. The third-order valence-electron chi connectivity index (χ3n) is 3.08. The van der Waals surface area contributed by atoms with Gasteiger partial charge in [-0.2, -0.15) is 0 Å². The molecule has 0 fully saturated rings. The molecule has 3 nitrogen and oxygen atoms in total. The van der Waals surface area contributed by atoms with Crippen LogP contribution in [0.5, 0.6) is 0 Å². The standard InChI is InChI=1S/C14H18N2O/c1-10-8-13(11(9-15)6-7-17)12-4-2-3-5-14(12)16-10/h2-5,8,11,17H,6-7,9,15H2,1H3. The van der Waals surface area contributed by atoms with E-state index in [0.29, 0.717) is 13.0 Å². The molecule has 0 saturated carbocycles. The predicted molar refractivity (Wildman–Crippen MR) is 70.0 cm³/mol. The minimum Gasteiger partial charge on any atom is -0.396 e. The SMILES string of the molecule is Cc1cc(C(CN)CCO)c2ccccc2n1. The Morgan fingerprint density at radius 2 is 2.12 bits per heavy atom. The second-order valence-corrected chi connectivity index (χ2v) is 4.31. The van der Waals surface area contributed by atoms with Crippen molar-refractivity contribution in [3.8, 4) is 0 Å². The van der Waals surface area contributed by atoms with Gasteiger partial charge >= 0.3 is 0 Å². The first-order valence-electron chi connectivity index (χ1n) is 5.93. The largest absolute Gasteiger partial charge is 0.396 e. The maximum atomic E-state index is 9.10. The molecule has 2 aromatic rings. The molecule has 0 amide bonds. The highest BCUT2D eigenvalue weighted by atomic mass is 16.3. The van der Waals surface area contributed by atoms with Crippen molar-refractivity contribution >= 4 is 10.9 Å². The van der Waals surface area contributed by atoms with Crippen LogP contribution in [0.25, 0.3) is 10.9 Å². The van der Waals surface area contributed by atoms with Gasteiger partial charge in [0.2, 0.25) is 0 Å². The first kappa shape index (κ1) is 12.0. The highest BCUT2D eigenvalue weighted by Gasteiger charge is 2.13. The summed E-state index contributed by atoms with van der Waals surface area (Å²) in [5.74, 6) is 0.201. The third-order valence-corrected chi connectivity index (χ3v) is 3.08. The predicted octanol–water partition coefficient (Wildman–Crippen LogP) is 1.97. The van der Waals surface area contributed by atoms with E-state index < -0.39 is 0 Å². The van der Waals surface area contributed by atoms with Gasteiger partial charge in [-0.25, -0.2) is 0 Å². The van der Waals surface area contributed by atoms with Gasteiger partial charge in [-0.15, -0.1) is 0 Å². The summed E-state index contributed by atoms with van der Waals surface area (Å²) >= 11 is 0. The summed E-state index contributed by atoms with van der Waals surface area (Å²) in [6.07, 6.45) is 0.698. The molecule has 1 atom stereocenters. The first-order valence-corrected chi connectivity index (χ1v) is 5.93. The van der Waals surface area contributed by atoms with Crippen LogP contribution in [0.3, 0.4) is 0 Å². The Hall–Kier alpha value is -1.45. The molecular formula is C14H18N2O. The second-order valence-electron chi connectivity index (χ2n) is 4.31. The molecule has 1 aromatic carbocycles. The van der Waals surface area contributed by atoms with Crippen LogP contribution >= 0.6 is 0 Å². The summed E-state index contributed by atoms with van der Waals surface area (Å²) in [4.78, 5) is 4.51. The Kier molecular flexibility index (Phi) is 3.71. The third kappa shape index (κ3) is 2.46. The van der Waals surface area contributed by atoms with Crippen molar-refractivity contribution in [2.75, 3.05) is 13.2 Å².